The van der Waals surface area contributed by atoms with E-state index in [-0.39, 0.29) is 59.1 Å². The van der Waals surface area contributed by atoms with Crippen molar-refractivity contribution in [3.8, 4) is 0 Å². The van der Waals surface area contributed by atoms with Crippen LogP contribution in [-0.4, -0.2) is 57.7 Å². The molecule has 18 heavy (non-hydrogen) atoms. The maximum absolute atomic E-state index is 10.1. The molecule has 0 amide bonds. The van der Waals surface area contributed by atoms with Gasteiger partial charge < -0.3 is 44.0 Å². The summed E-state index contributed by atoms with van der Waals surface area (Å²) in [6.07, 6.45) is -8.35. The van der Waals surface area contributed by atoms with Gasteiger partial charge in [0, 0.05) is 0 Å². The van der Waals surface area contributed by atoms with Crippen LogP contribution in [0.15, 0.2) is 0 Å². The zero-order valence-corrected chi connectivity index (χ0v) is 14.8. The molecule has 0 aromatic heterocycles. The fraction of sp³-hybridized carbons (Fsp3) is 1.00. The molecule has 1 fully saturated rings. The van der Waals surface area contributed by atoms with E-state index < -0.39 is 45.1 Å². The van der Waals surface area contributed by atoms with Crippen LogP contribution in [0.3, 0.4) is 0 Å². The Bertz CT molecular complexity index is 286. The molecule has 0 aliphatic carbocycles. The van der Waals surface area contributed by atoms with Crippen LogP contribution in [0.5, 0.6) is 0 Å². The van der Waals surface area contributed by atoms with Gasteiger partial charge >= 0.3 is 59.1 Å². The van der Waals surface area contributed by atoms with Crippen LogP contribution < -0.4 is 68.9 Å². The Kier molecular flexibility index (Phi) is 11.1. The molecule has 9 nitrogen and oxygen atoms in total. The number of hydrogen-bond donors (Lipinski definition) is 4. The van der Waals surface area contributed by atoms with E-state index in [4.69, 9.17) is 10.2 Å². The molecule has 96 valence electrons. The number of ether oxygens (including phenoxy) is 1. The monoisotopic (exact) mass is 304 g/mol. The Labute approximate surface area is 147 Å². The normalized spacial score (nSPS) is 36.4. The minimum absolute atomic E-state index is 0. The number of aliphatic hydroxyl groups is 4. The van der Waals surface area contributed by atoms with Crippen molar-refractivity contribution in [2.75, 3.05) is 6.61 Å². The molecule has 0 aromatic rings. The van der Waals surface area contributed by atoms with Gasteiger partial charge in [0.1, 0.15) is 24.4 Å². The van der Waals surface area contributed by atoms with Crippen molar-refractivity contribution in [1.82, 2.24) is 0 Å². The molecule has 0 radical (unpaired) electrons. The average molecular weight is 304 g/mol. The summed E-state index contributed by atoms with van der Waals surface area (Å²) in [4.78, 5) is 20.3. The molecule has 0 aromatic carbocycles. The fourth-order valence-electron chi connectivity index (χ4n) is 1.23. The van der Waals surface area contributed by atoms with E-state index in [1.807, 2.05) is 0 Å². The SMILES string of the molecule is O=P([O-])([O-])OC[C@H]1OC(O)[C@H](O)[C@@H](O)[C@@H]1O.[Na+].[Na+]. The van der Waals surface area contributed by atoms with Gasteiger partial charge in [-0.05, 0) is 0 Å². The van der Waals surface area contributed by atoms with Crippen molar-refractivity contribution in [3.63, 3.8) is 0 Å². The number of rotatable bonds is 3. The smallest absolute Gasteiger partial charge is 0.790 e. The van der Waals surface area contributed by atoms with Gasteiger partial charge in [-0.1, -0.05) is 0 Å². The van der Waals surface area contributed by atoms with Crippen molar-refractivity contribution in [1.29, 1.82) is 0 Å². The molecule has 1 rings (SSSR count). The average Bonchev–Trinajstić information content (AvgIpc) is 2.17. The van der Waals surface area contributed by atoms with Crippen molar-refractivity contribution in [3.05, 3.63) is 0 Å². The largest absolute Gasteiger partial charge is 1.00 e. The first-order chi connectivity index (χ1) is 7.22. The molecular formula is C6H11Na2O9P. The molecule has 1 heterocycles. The summed E-state index contributed by atoms with van der Waals surface area (Å²) in [6.45, 7) is -0.855. The standard InChI is InChI=1S/C6H13O9P.2Na/c7-3-2(1-14-16(11,12)13)15-6(10)5(9)4(3)8;;/h2-10H,1H2,(H2,11,12,13);;/q;2*+1/p-2/t2-,3-,4+,5-,6?;;/m1../s1. The Morgan fingerprint density at radius 2 is 1.56 bits per heavy atom. The molecule has 0 saturated carbocycles. The third kappa shape index (κ3) is 6.57. The van der Waals surface area contributed by atoms with Crippen LogP contribution >= 0.6 is 7.82 Å². The quantitative estimate of drug-likeness (QED) is 0.293. The van der Waals surface area contributed by atoms with Crippen LogP contribution in [0.1, 0.15) is 0 Å². The Morgan fingerprint density at radius 1 is 1.06 bits per heavy atom. The summed E-state index contributed by atoms with van der Waals surface area (Å²) in [7, 11) is -5.23. The van der Waals surface area contributed by atoms with Gasteiger partial charge in [-0.3, -0.25) is 0 Å². The van der Waals surface area contributed by atoms with Gasteiger partial charge in [0.2, 0.25) is 0 Å². The van der Waals surface area contributed by atoms with E-state index in [2.05, 4.69) is 9.26 Å². The van der Waals surface area contributed by atoms with Gasteiger partial charge in [-0.25, -0.2) is 0 Å². The minimum atomic E-state index is -5.23. The summed E-state index contributed by atoms with van der Waals surface area (Å²) in [6, 6.07) is 0. The first-order valence-corrected chi connectivity index (χ1v) is 5.73. The van der Waals surface area contributed by atoms with E-state index in [0.29, 0.717) is 0 Å². The summed E-state index contributed by atoms with van der Waals surface area (Å²) in [5.41, 5.74) is 0. The zero-order chi connectivity index (χ0) is 12.5. The summed E-state index contributed by atoms with van der Waals surface area (Å²) in [5.74, 6) is 0. The summed E-state index contributed by atoms with van der Waals surface area (Å²) >= 11 is 0. The van der Waals surface area contributed by atoms with Crippen LogP contribution in [0.25, 0.3) is 0 Å². The maximum Gasteiger partial charge on any atom is 1.00 e. The van der Waals surface area contributed by atoms with Gasteiger partial charge in [0.05, 0.1) is 14.4 Å². The van der Waals surface area contributed by atoms with Crippen molar-refractivity contribution >= 4 is 7.82 Å². The number of phosphoric ester groups is 1. The molecule has 12 heteroatoms. The van der Waals surface area contributed by atoms with Crippen LogP contribution in [-0.2, 0) is 13.8 Å². The predicted molar refractivity (Wildman–Crippen MR) is 42.5 cm³/mol. The molecular weight excluding hydrogens is 293 g/mol. The number of aliphatic hydroxyl groups excluding tert-OH is 4. The number of phosphoric acid groups is 1. The van der Waals surface area contributed by atoms with Crippen molar-refractivity contribution in [2.24, 2.45) is 0 Å². The van der Waals surface area contributed by atoms with Crippen molar-refractivity contribution in [2.45, 2.75) is 30.7 Å². The third-order valence-corrected chi connectivity index (χ3v) is 2.55. The fourth-order valence-corrected chi connectivity index (χ4v) is 1.56. The van der Waals surface area contributed by atoms with Gasteiger partial charge in [-0.2, -0.15) is 0 Å². The molecule has 4 N–H and O–H groups in total. The summed E-state index contributed by atoms with van der Waals surface area (Å²) in [5, 5.41) is 36.6. The van der Waals surface area contributed by atoms with E-state index in [0.717, 1.165) is 0 Å². The second-order valence-electron chi connectivity index (χ2n) is 3.28. The molecule has 0 bridgehead atoms. The first-order valence-electron chi connectivity index (χ1n) is 4.26. The first kappa shape index (κ1) is 22.2. The van der Waals surface area contributed by atoms with Crippen LogP contribution in [0.2, 0.25) is 0 Å². The van der Waals surface area contributed by atoms with Crippen LogP contribution in [0.4, 0.5) is 0 Å². The molecule has 1 unspecified atom stereocenters. The van der Waals surface area contributed by atoms with E-state index >= 15 is 0 Å². The second kappa shape index (κ2) is 9.04. The second-order valence-corrected chi connectivity index (χ2v) is 4.43. The van der Waals surface area contributed by atoms with E-state index in [1.165, 1.54) is 0 Å². The van der Waals surface area contributed by atoms with Crippen LogP contribution in [0, 0.1) is 0 Å². The van der Waals surface area contributed by atoms with E-state index in [9.17, 15) is 24.6 Å². The third-order valence-electron chi connectivity index (χ3n) is 2.08. The molecule has 1 saturated heterocycles. The topological polar surface area (TPSA) is 163 Å². The number of hydrogen-bond acceptors (Lipinski definition) is 9. The van der Waals surface area contributed by atoms with Gasteiger partial charge in [-0.15, -0.1) is 0 Å². The zero-order valence-electron chi connectivity index (χ0n) is 9.87. The molecule has 1 aliphatic rings. The summed E-state index contributed by atoms with van der Waals surface area (Å²) < 4.78 is 18.5. The molecule has 5 atom stereocenters. The molecule has 0 spiro atoms. The van der Waals surface area contributed by atoms with Crippen molar-refractivity contribution < 1.29 is 103 Å². The van der Waals surface area contributed by atoms with Gasteiger partial charge in [0.25, 0.3) is 0 Å². The minimum Gasteiger partial charge on any atom is -0.790 e. The van der Waals surface area contributed by atoms with Gasteiger partial charge in [0.15, 0.2) is 6.29 Å². The predicted octanol–water partition coefficient (Wildman–Crippen LogP) is -10.4. The maximum atomic E-state index is 10.1. The Balaban J connectivity index is 0. The molecule has 1 aliphatic heterocycles. The Morgan fingerprint density at radius 3 is 2.00 bits per heavy atom. The Hall–Kier alpha value is 1.91. The van der Waals surface area contributed by atoms with E-state index in [1.54, 1.807) is 0 Å².